The van der Waals surface area contributed by atoms with E-state index in [1.807, 2.05) is 10.8 Å². The first-order chi connectivity index (χ1) is 6.36. The summed E-state index contributed by atoms with van der Waals surface area (Å²) >= 11 is 0. The van der Waals surface area contributed by atoms with Gasteiger partial charge >= 0.3 is 0 Å². The average molecular weight is 179 g/mol. The lowest BCUT2D eigenvalue weighted by Gasteiger charge is -1.98. The van der Waals surface area contributed by atoms with E-state index in [0.717, 1.165) is 19.4 Å². The summed E-state index contributed by atoms with van der Waals surface area (Å²) in [7, 11) is 0. The van der Waals surface area contributed by atoms with Gasteiger partial charge in [0, 0.05) is 19.2 Å². The Morgan fingerprint density at radius 3 is 3.00 bits per heavy atom. The number of aliphatic hydroxyl groups excluding tert-OH is 1. The Morgan fingerprint density at radius 1 is 1.54 bits per heavy atom. The van der Waals surface area contributed by atoms with Gasteiger partial charge in [-0.3, -0.25) is 0 Å². The van der Waals surface area contributed by atoms with Crippen LogP contribution in [0.1, 0.15) is 25.0 Å². The second-order valence-electron chi connectivity index (χ2n) is 2.88. The molecule has 0 bridgehead atoms. The normalized spacial score (nSPS) is 9.85. The first-order valence-corrected chi connectivity index (χ1v) is 4.35. The number of aliphatic hydroxyl groups is 1. The zero-order valence-corrected chi connectivity index (χ0v) is 7.48. The minimum absolute atomic E-state index is 0.00873. The molecule has 1 rings (SSSR count). The van der Waals surface area contributed by atoms with E-state index in [4.69, 9.17) is 10.4 Å². The van der Waals surface area contributed by atoms with Crippen molar-refractivity contribution in [2.75, 3.05) is 0 Å². The van der Waals surface area contributed by atoms with Gasteiger partial charge in [0.15, 0.2) is 0 Å². The Morgan fingerprint density at radius 2 is 2.38 bits per heavy atom. The fourth-order valence-electron chi connectivity index (χ4n) is 1.11. The second kappa shape index (κ2) is 5.33. The van der Waals surface area contributed by atoms with Crippen LogP contribution in [0.3, 0.4) is 0 Å². The molecule has 1 aromatic heterocycles. The lowest BCUT2D eigenvalue weighted by Crippen LogP contribution is -1.93. The maximum atomic E-state index is 8.74. The molecule has 0 unspecified atom stereocenters. The summed E-state index contributed by atoms with van der Waals surface area (Å²) in [6.45, 7) is 0.861. The molecule has 70 valence electrons. The van der Waals surface area contributed by atoms with Crippen molar-refractivity contribution in [2.45, 2.75) is 32.4 Å². The third kappa shape index (κ3) is 3.26. The predicted octanol–water partition coefficient (Wildman–Crippen LogP) is 1.07. The molecule has 0 saturated heterocycles. The fourth-order valence-corrected chi connectivity index (χ4v) is 1.11. The van der Waals surface area contributed by atoms with E-state index in [-0.39, 0.29) is 6.61 Å². The average Bonchev–Trinajstić information content (AvgIpc) is 2.60. The number of nitriles is 1. The molecule has 0 fully saturated rings. The Labute approximate surface area is 77.4 Å². The number of hydrogen-bond donors (Lipinski definition) is 1. The van der Waals surface area contributed by atoms with Crippen molar-refractivity contribution in [3.63, 3.8) is 0 Å². The van der Waals surface area contributed by atoms with Crippen LogP contribution in [0.2, 0.25) is 0 Å². The van der Waals surface area contributed by atoms with Crippen molar-refractivity contribution in [1.82, 2.24) is 9.55 Å². The lowest BCUT2D eigenvalue weighted by atomic mass is 10.2. The van der Waals surface area contributed by atoms with Gasteiger partial charge in [-0.1, -0.05) is 0 Å². The molecule has 0 radical (unpaired) electrons. The summed E-state index contributed by atoms with van der Waals surface area (Å²) in [5, 5.41) is 17.0. The molecule has 13 heavy (non-hydrogen) atoms. The molecular weight excluding hydrogens is 166 g/mol. The molecule has 0 saturated carbocycles. The highest BCUT2D eigenvalue weighted by Crippen LogP contribution is 2.00. The topological polar surface area (TPSA) is 61.8 Å². The Hall–Kier alpha value is -1.34. The van der Waals surface area contributed by atoms with E-state index >= 15 is 0 Å². The van der Waals surface area contributed by atoms with Crippen LogP contribution >= 0.6 is 0 Å². The first-order valence-electron chi connectivity index (χ1n) is 4.35. The third-order valence-corrected chi connectivity index (χ3v) is 1.80. The van der Waals surface area contributed by atoms with Crippen LogP contribution in [0.25, 0.3) is 0 Å². The van der Waals surface area contributed by atoms with Crippen molar-refractivity contribution < 1.29 is 5.11 Å². The van der Waals surface area contributed by atoms with Gasteiger partial charge in [0.25, 0.3) is 0 Å². The number of nitrogens with zero attached hydrogens (tertiary/aromatic N) is 3. The van der Waals surface area contributed by atoms with Gasteiger partial charge in [-0.05, 0) is 12.8 Å². The summed E-state index contributed by atoms with van der Waals surface area (Å²) in [4.78, 5) is 3.98. The number of unbranched alkanes of at least 4 members (excludes halogenated alkanes) is 2. The Balaban J connectivity index is 2.25. The first kappa shape index (κ1) is 9.75. The zero-order valence-electron chi connectivity index (χ0n) is 7.48. The monoisotopic (exact) mass is 179 g/mol. The number of imidazole rings is 1. The van der Waals surface area contributed by atoms with Crippen LogP contribution in [0, 0.1) is 11.3 Å². The van der Waals surface area contributed by atoms with Crippen LogP contribution in [0.4, 0.5) is 0 Å². The van der Waals surface area contributed by atoms with E-state index in [2.05, 4.69) is 11.1 Å². The molecule has 1 N–H and O–H groups in total. The number of hydrogen-bond acceptors (Lipinski definition) is 3. The van der Waals surface area contributed by atoms with Crippen LogP contribution < -0.4 is 0 Å². The number of aromatic nitrogens is 2. The van der Waals surface area contributed by atoms with Gasteiger partial charge in [-0.25, -0.2) is 4.98 Å². The molecule has 0 aliphatic carbocycles. The minimum atomic E-state index is -0.00873. The molecule has 1 heterocycles. The maximum absolute atomic E-state index is 8.74. The lowest BCUT2D eigenvalue weighted by molar-refractivity contribution is 0.277. The second-order valence-corrected chi connectivity index (χ2v) is 2.88. The van der Waals surface area contributed by atoms with Gasteiger partial charge in [0.1, 0.15) is 0 Å². The Bertz CT molecular complexity index is 287. The molecule has 0 atom stereocenters. The van der Waals surface area contributed by atoms with E-state index < -0.39 is 0 Å². The van der Waals surface area contributed by atoms with Crippen molar-refractivity contribution in [3.05, 3.63) is 18.2 Å². The molecule has 4 nitrogen and oxygen atoms in total. The van der Waals surface area contributed by atoms with Gasteiger partial charge in [0.05, 0.1) is 24.7 Å². The fraction of sp³-hybridized carbons (Fsp3) is 0.556. The smallest absolute Gasteiger partial charge is 0.0950 e. The Kier molecular flexibility index (Phi) is 4.00. The molecule has 0 aliphatic rings. The van der Waals surface area contributed by atoms with Gasteiger partial charge < -0.3 is 9.67 Å². The molecule has 1 aromatic rings. The van der Waals surface area contributed by atoms with E-state index in [1.54, 1.807) is 6.33 Å². The van der Waals surface area contributed by atoms with Gasteiger partial charge in [-0.15, -0.1) is 0 Å². The standard InChI is InChI=1S/C9H13N3O/c10-4-2-1-3-5-12-6-9(7-13)11-8-12/h6,8,13H,1-3,5,7H2. The number of aryl methyl sites for hydroxylation is 1. The summed E-state index contributed by atoms with van der Waals surface area (Å²) in [6.07, 6.45) is 6.05. The minimum Gasteiger partial charge on any atom is -0.390 e. The van der Waals surface area contributed by atoms with Crippen LogP contribution in [-0.4, -0.2) is 14.7 Å². The van der Waals surface area contributed by atoms with Crippen LogP contribution in [-0.2, 0) is 13.2 Å². The van der Waals surface area contributed by atoms with Gasteiger partial charge in [-0.2, -0.15) is 5.26 Å². The molecule has 4 heteroatoms. The van der Waals surface area contributed by atoms with Crippen LogP contribution in [0.15, 0.2) is 12.5 Å². The van der Waals surface area contributed by atoms with Crippen molar-refractivity contribution in [2.24, 2.45) is 0 Å². The van der Waals surface area contributed by atoms with Crippen molar-refractivity contribution in [1.29, 1.82) is 5.26 Å². The zero-order chi connectivity index (χ0) is 9.52. The molecule has 0 aromatic carbocycles. The largest absolute Gasteiger partial charge is 0.390 e. The van der Waals surface area contributed by atoms with Crippen molar-refractivity contribution in [3.8, 4) is 6.07 Å². The highest BCUT2D eigenvalue weighted by atomic mass is 16.3. The van der Waals surface area contributed by atoms with Crippen LogP contribution in [0.5, 0.6) is 0 Å². The summed E-state index contributed by atoms with van der Waals surface area (Å²) in [5.74, 6) is 0. The highest BCUT2D eigenvalue weighted by molar-refractivity contribution is 4.93. The molecular formula is C9H13N3O. The molecule has 0 amide bonds. The predicted molar refractivity (Wildman–Crippen MR) is 47.6 cm³/mol. The summed E-state index contributed by atoms with van der Waals surface area (Å²) < 4.78 is 1.93. The molecule has 0 spiro atoms. The third-order valence-electron chi connectivity index (χ3n) is 1.80. The van der Waals surface area contributed by atoms with E-state index in [0.29, 0.717) is 12.1 Å². The summed E-state index contributed by atoms with van der Waals surface area (Å²) in [5.41, 5.74) is 0.695. The number of rotatable bonds is 5. The van der Waals surface area contributed by atoms with Gasteiger partial charge in [0.2, 0.25) is 0 Å². The quantitative estimate of drug-likeness (QED) is 0.688. The van der Waals surface area contributed by atoms with E-state index in [9.17, 15) is 0 Å². The van der Waals surface area contributed by atoms with E-state index in [1.165, 1.54) is 0 Å². The highest BCUT2D eigenvalue weighted by Gasteiger charge is 1.95. The van der Waals surface area contributed by atoms with Crippen molar-refractivity contribution >= 4 is 0 Å². The SMILES string of the molecule is N#CCCCCn1cnc(CO)c1. The maximum Gasteiger partial charge on any atom is 0.0950 e. The molecule has 0 aliphatic heterocycles. The summed E-state index contributed by atoms with van der Waals surface area (Å²) in [6, 6.07) is 2.11.